The average molecular weight is 320 g/mol. The van der Waals surface area contributed by atoms with Crippen LogP contribution < -0.4 is 0 Å². The van der Waals surface area contributed by atoms with Crippen molar-refractivity contribution in [2.45, 2.75) is 0 Å². The maximum absolute atomic E-state index is 10.6. The number of hydrogen-bond donors (Lipinski definition) is 1. The molecule has 1 fully saturated rings. The van der Waals surface area contributed by atoms with E-state index in [1.54, 1.807) is 0 Å². The molecule has 1 heterocycles. The van der Waals surface area contributed by atoms with Gasteiger partial charge in [-0.15, -0.1) is 0 Å². The van der Waals surface area contributed by atoms with E-state index in [1.165, 1.54) is 0 Å². The zero-order valence-corrected chi connectivity index (χ0v) is 12.1. The van der Waals surface area contributed by atoms with E-state index in [4.69, 9.17) is 4.55 Å². The fourth-order valence-electron chi connectivity index (χ4n) is 1.73. The fraction of sp³-hybridized carbons (Fsp3) is 1.00. The van der Waals surface area contributed by atoms with Crippen LogP contribution in [0.15, 0.2) is 0 Å². The van der Waals surface area contributed by atoms with Crippen LogP contribution in [-0.4, -0.2) is 74.4 Å². The van der Waals surface area contributed by atoms with Crippen LogP contribution in [0.5, 0.6) is 0 Å². The van der Waals surface area contributed by atoms with Crippen LogP contribution in [0.2, 0.25) is 0 Å². The number of rotatable bonds is 7. The van der Waals surface area contributed by atoms with Crippen molar-refractivity contribution in [3.05, 3.63) is 0 Å². The van der Waals surface area contributed by atoms with Crippen LogP contribution in [0.4, 0.5) is 0 Å². The van der Waals surface area contributed by atoms with Gasteiger partial charge in [-0.05, 0) is 0 Å². The molecule has 8 nitrogen and oxygen atoms in total. The Bertz CT molecular complexity index is 407. The quantitative estimate of drug-likeness (QED) is 0.579. The Morgan fingerprint density at radius 2 is 1.56 bits per heavy atom. The van der Waals surface area contributed by atoms with E-state index in [9.17, 15) is 15.8 Å². The molecule has 106 valence electrons. The molecule has 0 saturated carbocycles. The maximum atomic E-state index is 10.6. The first-order valence-electron chi connectivity index (χ1n) is 5.54. The molecular weight excluding hydrogens is 303 g/mol. The number of nitrogens with zero attached hydrogens (tertiary/aromatic N) is 2. The van der Waals surface area contributed by atoms with E-state index in [2.05, 4.69) is 8.56 Å². The molecule has 1 aliphatic rings. The monoisotopic (exact) mass is 320 g/mol. The molecule has 0 aromatic rings. The van der Waals surface area contributed by atoms with Gasteiger partial charge < -0.3 is 0 Å². The molecule has 0 radical (unpaired) electrons. The van der Waals surface area contributed by atoms with Gasteiger partial charge in [-0.2, -0.15) is 0 Å². The minimum absolute atomic E-state index is 0.179. The second-order valence-electron chi connectivity index (χ2n) is 4.03. The second kappa shape index (κ2) is 7.54. The Kier molecular flexibility index (Phi) is 6.71. The second-order valence-corrected chi connectivity index (χ2v) is 6.70. The first-order valence-corrected chi connectivity index (χ1v) is 8.86. The summed E-state index contributed by atoms with van der Waals surface area (Å²) in [5.41, 5.74) is 0. The van der Waals surface area contributed by atoms with E-state index in [1.807, 2.05) is 4.90 Å². The van der Waals surface area contributed by atoms with Crippen LogP contribution in [0.25, 0.3) is 0 Å². The molecule has 0 bridgehead atoms. The van der Waals surface area contributed by atoms with Crippen molar-refractivity contribution in [3.63, 3.8) is 0 Å². The molecular formula is C8H17N2O6SV. The van der Waals surface area contributed by atoms with E-state index in [-0.39, 0.29) is 12.4 Å². The van der Waals surface area contributed by atoms with Crippen molar-refractivity contribution < 1.29 is 39.4 Å². The average Bonchev–Trinajstić information content (AvgIpc) is 2.26. The molecule has 10 heteroatoms. The predicted molar refractivity (Wildman–Crippen MR) is 56.6 cm³/mol. The normalized spacial score (nSPS) is 18.9. The summed E-state index contributed by atoms with van der Waals surface area (Å²) in [5, 5.41) is 0. The molecule has 0 aromatic carbocycles. The van der Waals surface area contributed by atoms with Crippen molar-refractivity contribution in [2.24, 2.45) is 0 Å². The van der Waals surface area contributed by atoms with Gasteiger partial charge in [0, 0.05) is 0 Å². The molecule has 18 heavy (non-hydrogen) atoms. The van der Waals surface area contributed by atoms with Gasteiger partial charge in [-0.3, -0.25) is 0 Å². The van der Waals surface area contributed by atoms with Gasteiger partial charge in [0.1, 0.15) is 0 Å². The molecule has 1 aliphatic heterocycles. The van der Waals surface area contributed by atoms with E-state index in [0.29, 0.717) is 26.2 Å². The third-order valence-electron chi connectivity index (χ3n) is 2.73. The van der Waals surface area contributed by atoms with E-state index < -0.39 is 25.5 Å². The molecule has 1 rings (SSSR count). The summed E-state index contributed by atoms with van der Waals surface area (Å²) in [6, 6.07) is 0. The van der Waals surface area contributed by atoms with Gasteiger partial charge >= 0.3 is 111 Å². The Morgan fingerprint density at radius 1 is 1.06 bits per heavy atom. The Morgan fingerprint density at radius 3 is 2.00 bits per heavy atom. The van der Waals surface area contributed by atoms with Gasteiger partial charge in [0.2, 0.25) is 0 Å². The van der Waals surface area contributed by atoms with Gasteiger partial charge in [0.05, 0.1) is 0 Å². The summed E-state index contributed by atoms with van der Waals surface area (Å²) in [4.78, 5) is 4.01. The van der Waals surface area contributed by atoms with Crippen molar-refractivity contribution in [1.82, 2.24) is 9.80 Å². The summed E-state index contributed by atoms with van der Waals surface area (Å²) in [6.07, 6.45) is 0. The minimum atomic E-state index is -3.90. The van der Waals surface area contributed by atoms with Gasteiger partial charge in [-0.25, -0.2) is 0 Å². The van der Waals surface area contributed by atoms with E-state index in [0.717, 1.165) is 13.1 Å². The zero-order valence-electron chi connectivity index (χ0n) is 9.90. The van der Waals surface area contributed by atoms with Crippen molar-refractivity contribution in [3.8, 4) is 0 Å². The standard InChI is InChI=1S/C8H17N2O4S.2O.V/c11-7-5-9-1-3-10(4-2-9)6-8-15(12,13)14;;;/h1-8H2,(H,12,13,14);;;/q-1;;;+1. The van der Waals surface area contributed by atoms with Crippen LogP contribution in [0.1, 0.15) is 0 Å². The summed E-state index contributed by atoms with van der Waals surface area (Å²) in [5.74, 6) is -0.254. The van der Waals surface area contributed by atoms with Crippen molar-refractivity contribution >= 4 is 10.1 Å². The molecule has 0 spiro atoms. The van der Waals surface area contributed by atoms with Gasteiger partial charge in [-0.1, -0.05) is 0 Å². The predicted octanol–water partition coefficient (Wildman–Crippen LogP) is -1.27. The summed E-state index contributed by atoms with van der Waals surface area (Å²) in [6.45, 7) is 3.93. The Hall–Kier alpha value is -0.0256. The van der Waals surface area contributed by atoms with Gasteiger partial charge in [0.15, 0.2) is 0 Å². The topological polar surface area (TPSA) is 104 Å². The first-order chi connectivity index (χ1) is 8.37. The molecule has 0 aromatic heterocycles. The van der Waals surface area contributed by atoms with Crippen LogP contribution >= 0.6 is 0 Å². The van der Waals surface area contributed by atoms with Gasteiger partial charge in [0.25, 0.3) is 0 Å². The molecule has 1 N–H and O–H groups in total. The number of hydrogen-bond acceptors (Lipinski definition) is 7. The number of piperazine rings is 1. The summed E-state index contributed by atoms with van der Waals surface area (Å²) >= 11 is -3.48. The molecule has 0 atom stereocenters. The summed E-state index contributed by atoms with van der Waals surface area (Å²) in [7, 11) is -3.90. The van der Waals surface area contributed by atoms with E-state index >= 15 is 0 Å². The Labute approximate surface area is 111 Å². The van der Waals surface area contributed by atoms with Crippen LogP contribution in [0.3, 0.4) is 0 Å². The SMILES string of the molecule is [O]=[V](=[O])[O]CCN1CCN(CCS(=O)(=O)O)CC1. The fourth-order valence-corrected chi connectivity index (χ4v) is 2.57. The van der Waals surface area contributed by atoms with Crippen LogP contribution in [0, 0.1) is 0 Å². The zero-order chi connectivity index (χ0) is 13.6. The van der Waals surface area contributed by atoms with Crippen LogP contribution in [-0.2, 0) is 36.5 Å². The third-order valence-corrected chi connectivity index (χ3v) is 4.05. The van der Waals surface area contributed by atoms with Crippen molar-refractivity contribution in [2.75, 3.05) is 51.6 Å². The Balaban J connectivity index is 2.16. The third kappa shape index (κ3) is 7.42. The first kappa shape index (κ1) is 16.0. The summed E-state index contributed by atoms with van der Waals surface area (Å²) < 4.78 is 54.9. The molecule has 1 saturated heterocycles. The molecule has 0 amide bonds. The molecule has 0 unspecified atom stereocenters. The van der Waals surface area contributed by atoms with Crippen molar-refractivity contribution in [1.29, 1.82) is 0 Å². The molecule has 0 aliphatic carbocycles.